The molecule has 144 valence electrons. The van der Waals surface area contributed by atoms with Crippen molar-refractivity contribution in [3.63, 3.8) is 0 Å². The second-order valence-corrected chi connectivity index (χ2v) is 6.62. The molecule has 0 spiro atoms. The summed E-state index contributed by atoms with van der Waals surface area (Å²) in [5, 5.41) is 5.97. The molecule has 0 aliphatic heterocycles. The van der Waals surface area contributed by atoms with Gasteiger partial charge in [-0.15, -0.1) is 0 Å². The molecule has 2 N–H and O–H groups in total. The predicted octanol–water partition coefficient (Wildman–Crippen LogP) is 1.44. The highest BCUT2D eigenvalue weighted by molar-refractivity contribution is 6.30. The number of H-pyrrole nitrogens is 1. The number of nitrogens with one attached hydrogen (secondary N) is 2. The van der Waals surface area contributed by atoms with E-state index in [1.54, 1.807) is 36.4 Å². The minimum Gasteiger partial charge on any atom is -0.335 e. The van der Waals surface area contributed by atoms with Gasteiger partial charge in [0.15, 0.2) is 0 Å². The second-order valence-electron chi connectivity index (χ2n) is 6.19. The fourth-order valence-electron chi connectivity index (χ4n) is 2.68. The molecule has 0 atom stereocenters. The maximum Gasteiger partial charge on any atom is 0.273 e. The summed E-state index contributed by atoms with van der Waals surface area (Å²) in [6.45, 7) is -0.613. The maximum absolute atomic E-state index is 12.5. The lowest BCUT2D eigenvalue weighted by Crippen LogP contribution is -2.40. The van der Waals surface area contributed by atoms with Crippen molar-refractivity contribution in [2.75, 3.05) is 18.9 Å². The Morgan fingerprint density at radius 1 is 1.11 bits per heavy atom. The summed E-state index contributed by atoms with van der Waals surface area (Å²) in [6, 6.07) is 13.0. The van der Waals surface area contributed by atoms with E-state index < -0.39 is 22.9 Å². The number of carbonyl (C=O) groups excluding carboxylic acids is 2. The smallest absolute Gasteiger partial charge is 0.273 e. The van der Waals surface area contributed by atoms with Crippen molar-refractivity contribution in [1.82, 2.24) is 14.7 Å². The van der Waals surface area contributed by atoms with Crippen LogP contribution in [0, 0.1) is 0 Å². The quantitative estimate of drug-likeness (QED) is 0.676. The zero-order valence-corrected chi connectivity index (χ0v) is 15.7. The molecule has 2 amide bonds. The van der Waals surface area contributed by atoms with Crippen LogP contribution < -0.4 is 16.4 Å². The van der Waals surface area contributed by atoms with Crippen molar-refractivity contribution in [2.24, 2.45) is 0 Å². The van der Waals surface area contributed by atoms with Crippen LogP contribution in [0.3, 0.4) is 0 Å². The average Bonchev–Trinajstić information content (AvgIpc) is 2.65. The molecule has 0 saturated carbocycles. The molecule has 28 heavy (non-hydrogen) atoms. The number of aromatic amines is 1. The van der Waals surface area contributed by atoms with Crippen LogP contribution >= 0.6 is 11.6 Å². The van der Waals surface area contributed by atoms with Gasteiger partial charge in [0.2, 0.25) is 11.8 Å². The highest BCUT2D eigenvalue weighted by Gasteiger charge is 2.16. The van der Waals surface area contributed by atoms with E-state index in [0.717, 1.165) is 4.68 Å². The van der Waals surface area contributed by atoms with E-state index in [2.05, 4.69) is 10.4 Å². The number of aromatic nitrogens is 2. The zero-order chi connectivity index (χ0) is 20.3. The van der Waals surface area contributed by atoms with Gasteiger partial charge in [-0.1, -0.05) is 29.8 Å². The monoisotopic (exact) mass is 400 g/mol. The average molecular weight is 401 g/mol. The van der Waals surface area contributed by atoms with E-state index in [0.29, 0.717) is 10.7 Å². The molecular formula is C19H17ClN4O4. The Kier molecular flexibility index (Phi) is 5.60. The number of hydrogen-bond acceptors (Lipinski definition) is 4. The van der Waals surface area contributed by atoms with E-state index in [-0.39, 0.29) is 23.9 Å². The van der Waals surface area contributed by atoms with Crippen LogP contribution in [0.25, 0.3) is 10.8 Å². The Hall–Kier alpha value is -3.39. The lowest BCUT2D eigenvalue weighted by Gasteiger charge is -2.17. The Morgan fingerprint density at radius 3 is 2.54 bits per heavy atom. The zero-order valence-electron chi connectivity index (χ0n) is 14.9. The Balaban J connectivity index is 1.70. The minimum atomic E-state index is -0.505. The van der Waals surface area contributed by atoms with Crippen molar-refractivity contribution < 1.29 is 9.59 Å². The van der Waals surface area contributed by atoms with Gasteiger partial charge in [0.1, 0.15) is 6.54 Å². The first-order valence-electron chi connectivity index (χ1n) is 8.36. The maximum atomic E-state index is 12.5. The van der Waals surface area contributed by atoms with Crippen LogP contribution in [0.4, 0.5) is 5.69 Å². The third-order valence-electron chi connectivity index (χ3n) is 4.09. The molecule has 0 radical (unpaired) electrons. The largest absolute Gasteiger partial charge is 0.335 e. The second kappa shape index (κ2) is 8.10. The number of carbonyl (C=O) groups is 2. The molecule has 1 heterocycles. The van der Waals surface area contributed by atoms with Gasteiger partial charge in [-0.05, 0) is 30.3 Å². The highest BCUT2D eigenvalue weighted by Crippen LogP contribution is 2.14. The SMILES string of the molecule is CN(CC(=O)Nc1cccc(Cl)c1)C(=O)Cn1[nH]c(=O)c2ccccc2c1=O. The summed E-state index contributed by atoms with van der Waals surface area (Å²) < 4.78 is 0.943. The lowest BCUT2D eigenvalue weighted by atomic mass is 10.2. The lowest BCUT2D eigenvalue weighted by molar-refractivity contribution is -0.134. The molecule has 3 rings (SSSR count). The molecule has 8 nitrogen and oxygen atoms in total. The first-order valence-corrected chi connectivity index (χ1v) is 8.74. The number of benzene rings is 2. The highest BCUT2D eigenvalue weighted by atomic mass is 35.5. The number of halogens is 1. The van der Waals surface area contributed by atoms with Gasteiger partial charge in [0.05, 0.1) is 17.3 Å². The van der Waals surface area contributed by atoms with Crippen LogP contribution in [-0.2, 0) is 16.1 Å². The Labute approximate surface area is 164 Å². The normalized spacial score (nSPS) is 10.6. The fraction of sp³-hybridized carbons (Fsp3) is 0.158. The molecular weight excluding hydrogens is 384 g/mol. The molecule has 1 aromatic heterocycles. The van der Waals surface area contributed by atoms with Gasteiger partial charge < -0.3 is 10.2 Å². The van der Waals surface area contributed by atoms with Crippen molar-refractivity contribution in [1.29, 1.82) is 0 Å². The van der Waals surface area contributed by atoms with Gasteiger partial charge >= 0.3 is 0 Å². The van der Waals surface area contributed by atoms with Gasteiger partial charge in [0, 0.05) is 17.8 Å². The van der Waals surface area contributed by atoms with Gasteiger partial charge in [-0.3, -0.25) is 24.3 Å². The van der Waals surface area contributed by atoms with Gasteiger partial charge in [-0.2, -0.15) is 0 Å². The summed E-state index contributed by atoms with van der Waals surface area (Å²) in [6.07, 6.45) is 0. The predicted molar refractivity (Wildman–Crippen MR) is 107 cm³/mol. The molecule has 2 aromatic carbocycles. The number of hydrogen-bond donors (Lipinski definition) is 2. The Bertz CT molecular complexity index is 1170. The number of nitrogens with zero attached hydrogens (tertiary/aromatic N) is 2. The van der Waals surface area contributed by atoms with E-state index in [9.17, 15) is 19.2 Å². The number of anilines is 1. The molecule has 0 aliphatic carbocycles. The van der Waals surface area contributed by atoms with Crippen molar-refractivity contribution >= 4 is 39.9 Å². The molecule has 0 fully saturated rings. The first kappa shape index (κ1) is 19.4. The molecule has 0 aliphatic rings. The van der Waals surface area contributed by atoms with Crippen LogP contribution in [0.1, 0.15) is 0 Å². The third kappa shape index (κ3) is 4.29. The van der Waals surface area contributed by atoms with Crippen molar-refractivity contribution in [3.8, 4) is 0 Å². The summed E-state index contributed by atoms with van der Waals surface area (Å²) in [5.41, 5.74) is -0.446. The van der Waals surface area contributed by atoms with E-state index >= 15 is 0 Å². The molecule has 9 heteroatoms. The van der Waals surface area contributed by atoms with Crippen LogP contribution in [0.15, 0.2) is 58.1 Å². The van der Waals surface area contributed by atoms with Gasteiger partial charge in [0.25, 0.3) is 11.1 Å². The van der Waals surface area contributed by atoms with Crippen LogP contribution in [0.2, 0.25) is 5.02 Å². The molecule has 0 saturated heterocycles. The summed E-state index contributed by atoms with van der Waals surface area (Å²) in [7, 11) is 1.43. The number of amides is 2. The van der Waals surface area contributed by atoms with E-state index in [1.165, 1.54) is 24.1 Å². The summed E-state index contributed by atoms with van der Waals surface area (Å²) in [5.74, 6) is -0.924. The third-order valence-corrected chi connectivity index (χ3v) is 4.33. The van der Waals surface area contributed by atoms with Crippen LogP contribution in [0.5, 0.6) is 0 Å². The topological polar surface area (TPSA) is 104 Å². The number of rotatable bonds is 5. The standard InChI is InChI=1S/C19H17ClN4O4/c1-23(10-16(25)21-13-6-4-5-12(20)9-13)17(26)11-24-19(28)15-8-3-2-7-14(15)18(27)22-24/h2-9H,10-11H2,1H3,(H,21,25)(H,22,27). The fourth-order valence-corrected chi connectivity index (χ4v) is 2.87. The van der Waals surface area contributed by atoms with Gasteiger partial charge in [-0.25, -0.2) is 4.68 Å². The number of likely N-dealkylation sites (N-methyl/N-ethyl adjacent to an activating group) is 1. The molecule has 3 aromatic rings. The minimum absolute atomic E-state index is 0.223. The summed E-state index contributed by atoms with van der Waals surface area (Å²) in [4.78, 5) is 50.2. The molecule has 0 unspecified atom stereocenters. The Morgan fingerprint density at radius 2 is 1.82 bits per heavy atom. The number of fused-ring (bicyclic) bond motifs is 1. The first-order chi connectivity index (χ1) is 13.3. The van der Waals surface area contributed by atoms with Crippen LogP contribution in [-0.4, -0.2) is 40.1 Å². The van der Waals surface area contributed by atoms with E-state index in [1.807, 2.05) is 0 Å². The summed E-state index contributed by atoms with van der Waals surface area (Å²) >= 11 is 5.87. The van der Waals surface area contributed by atoms with E-state index in [4.69, 9.17) is 11.6 Å². The van der Waals surface area contributed by atoms with Crippen molar-refractivity contribution in [3.05, 3.63) is 74.3 Å². The molecule has 0 bridgehead atoms. The van der Waals surface area contributed by atoms with Crippen molar-refractivity contribution in [2.45, 2.75) is 6.54 Å².